The van der Waals surface area contributed by atoms with Crippen LogP contribution in [0, 0.1) is 11.6 Å². The molecule has 0 aliphatic carbocycles. The van der Waals surface area contributed by atoms with Crippen molar-refractivity contribution in [1.82, 2.24) is 25.2 Å². The second kappa shape index (κ2) is 6.72. The number of benzene rings is 1. The van der Waals surface area contributed by atoms with Crippen LogP contribution >= 0.6 is 15.9 Å². The minimum Gasteiger partial charge on any atom is -0.377 e. The zero-order valence-electron chi connectivity index (χ0n) is 12.8. The summed E-state index contributed by atoms with van der Waals surface area (Å²) in [6, 6.07) is 4.21. The lowest BCUT2D eigenvalue weighted by molar-refractivity contribution is -0.207. The van der Waals surface area contributed by atoms with Crippen LogP contribution in [0.25, 0.3) is 0 Å². The molecule has 6 nitrogen and oxygen atoms in total. The van der Waals surface area contributed by atoms with Crippen molar-refractivity contribution in [1.29, 1.82) is 0 Å². The van der Waals surface area contributed by atoms with Gasteiger partial charge in [0.05, 0.1) is 6.54 Å². The zero-order chi connectivity index (χ0) is 18.9. The van der Waals surface area contributed by atoms with Crippen LogP contribution < -0.4 is 0 Å². The Balaban J connectivity index is 2.17. The molecule has 0 radical (unpaired) electrons. The van der Waals surface area contributed by atoms with Gasteiger partial charge in [0, 0.05) is 22.3 Å². The Kier molecular flexibility index (Phi) is 4.76. The van der Waals surface area contributed by atoms with Crippen molar-refractivity contribution in [3.05, 3.63) is 70.2 Å². The topological polar surface area (TPSA) is 76.7 Å². The van der Waals surface area contributed by atoms with Crippen molar-refractivity contribution < 1.29 is 22.7 Å². The summed E-state index contributed by atoms with van der Waals surface area (Å²) >= 11 is 3.07. The Morgan fingerprint density at radius 2 is 1.92 bits per heavy atom. The van der Waals surface area contributed by atoms with Crippen LogP contribution in [0.1, 0.15) is 11.3 Å². The number of hydrogen-bond acceptors (Lipinski definition) is 5. The van der Waals surface area contributed by atoms with E-state index in [4.69, 9.17) is 0 Å². The monoisotopic (exact) mass is 431 g/mol. The Morgan fingerprint density at radius 3 is 2.50 bits per heavy atom. The molecule has 0 aliphatic heterocycles. The molecule has 0 aliphatic rings. The van der Waals surface area contributed by atoms with E-state index in [9.17, 15) is 13.9 Å². The van der Waals surface area contributed by atoms with Gasteiger partial charge in [0.25, 0.3) is 0 Å². The van der Waals surface area contributed by atoms with Crippen molar-refractivity contribution in [2.24, 2.45) is 0 Å². The fourth-order valence-corrected chi connectivity index (χ4v) is 2.67. The van der Waals surface area contributed by atoms with Gasteiger partial charge in [-0.2, -0.15) is 8.78 Å². The van der Waals surface area contributed by atoms with Gasteiger partial charge in [0.15, 0.2) is 5.60 Å². The quantitative estimate of drug-likeness (QED) is 0.628. The molecular formula is C15H10BrF4N5O. The number of tetrazole rings is 1. The summed E-state index contributed by atoms with van der Waals surface area (Å²) in [5.74, 6) is -6.36. The van der Waals surface area contributed by atoms with Crippen LogP contribution in [-0.2, 0) is 18.1 Å². The highest BCUT2D eigenvalue weighted by molar-refractivity contribution is 9.10. The minimum absolute atomic E-state index is 0.408. The van der Waals surface area contributed by atoms with Crippen molar-refractivity contribution >= 4 is 15.9 Å². The Hall–Kier alpha value is -2.40. The standard InChI is InChI=1S/C15H10BrF4N5O/c16-9-1-4-13(21-6-9)15(19,20)14(26,7-25-8-22-23-24-25)11-3-2-10(17)5-12(11)18/h1-6,8,26H,7H2/t14-/m1/s1. The van der Waals surface area contributed by atoms with Crippen molar-refractivity contribution in [3.8, 4) is 0 Å². The van der Waals surface area contributed by atoms with Gasteiger partial charge >= 0.3 is 5.92 Å². The predicted molar refractivity (Wildman–Crippen MR) is 83.9 cm³/mol. The van der Waals surface area contributed by atoms with E-state index >= 15 is 8.78 Å². The number of aliphatic hydroxyl groups is 1. The maximum atomic E-state index is 15.2. The molecule has 0 amide bonds. The molecule has 26 heavy (non-hydrogen) atoms. The zero-order valence-corrected chi connectivity index (χ0v) is 14.4. The van der Waals surface area contributed by atoms with E-state index < -0.39 is 41.0 Å². The Labute approximate surface area is 152 Å². The van der Waals surface area contributed by atoms with Crippen LogP contribution in [0.2, 0.25) is 0 Å². The van der Waals surface area contributed by atoms with Crippen LogP contribution in [0.4, 0.5) is 17.6 Å². The summed E-state index contributed by atoms with van der Waals surface area (Å²) in [6.07, 6.45) is 2.10. The maximum Gasteiger partial charge on any atom is 0.323 e. The molecule has 1 N–H and O–H groups in total. The average molecular weight is 432 g/mol. The molecule has 11 heteroatoms. The van der Waals surface area contributed by atoms with Crippen molar-refractivity contribution in [2.45, 2.75) is 18.1 Å². The average Bonchev–Trinajstić information content (AvgIpc) is 3.07. The Bertz CT molecular complexity index is 907. The van der Waals surface area contributed by atoms with E-state index in [1.54, 1.807) is 0 Å². The summed E-state index contributed by atoms with van der Waals surface area (Å²) in [5.41, 5.74) is -4.76. The second-order valence-corrected chi connectivity index (χ2v) is 6.34. The highest BCUT2D eigenvalue weighted by atomic mass is 79.9. The van der Waals surface area contributed by atoms with E-state index in [1.807, 2.05) is 0 Å². The van der Waals surface area contributed by atoms with Gasteiger partial charge in [-0.1, -0.05) is 0 Å². The summed E-state index contributed by atoms with van der Waals surface area (Å²) < 4.78 is 59.2. The van der Waals surface area contributed by atoms with Gasteiger partial charge in [-0.3, -0.25) is 4.98 Å². The Morgan fingerprint density at radius 1 is 1.15 bits per heavy atom. The van der Waals surface area contributed by atoms with E-state index in [0.29, 0.717) is 10.5 Å². The summed E-state index contributed by atoms with van der Waals surface area (Å²) in [4.78, 5) is 3.60. The number of halogens is 5. The number of pyridine rings is 1. The fourth-order valence-electron chi connectivity index (χ4n) is 2.44. The first-order chi connectivity index (χ1) is 12.2. The first-order valence-corrected chi connectivity index (χ1v) is 7.92. The largest absolute Gasteiger partial charge is 0.377 e. The van der Waals surface area contributed by atoms with E-state index in [0.717, 1.165) is 35.4 Å². The number of rotatable bonds is 5. The van der Waals surface area contributed by atoms with Crippen LogP contribution in [-0.4, -0.2) is 30.3 Å². The molecule has 2 heterocycles. The van der Waals surface area contributed by atoms with Crippen LogP contribution in [0.3, 0.4) is 0 Å². The molecule has 1 atom stereocenters. The first-order valence-electron chi connectivity index (χ1n) is 7.12. The minimum atomic E-state index is -4.06. The third-order valence-corrected chi connectivity index (χ3v) is 4.20. The molecule has 0 fully saturated rings. The second-order valence-electron chi connectivity index (χ2n) is 5.43. The van der Waals surface area contributed by atoms with Gasteiger partial charge in [0.2, 0.25) is 0 Å². The summed E-state index contributed by atoms with van der Waals surface area (Å²) in [7, 11) is 0. The maximum absolute atomic E-state index is 15.2. The first kappa shape index (κ1) is 18.4. The highest BCUT2D eigenvalue weighted by Gasteiger charge is 2.57. The normalized spacial score (nSPS) is 14.2. The highest BCUT2D eigenvalue weighted by Crippen LogP contribution is 2.46. The lowest BCUT2D eigenvalue weighted by Crippen LogP contribution is -2.48. The molecule has 3 rings (SSSR count). The number of hydrogen-bond donors (Lipinski definition) is 1. The molecule has 0 bridgehead atoms. The molecule has 0 unspecified atom stereocenters. The number of aromatic nitrogens is 5. The smallest absolute Gasteiger partial charge is 0.323 e. The van der Waals surface area contributed by atoms with E-state index in [2.05, 4.69) is 36.4 Å². The number of nitrogens with zero attached hydrogens (tertiary/aromatic N) is 5. The molecule has 0 saturated carbocycles. The van der Waals surface area contributed by atoms with E-state index in [-0.39, 0.29) is 0 Å². The lowest BCUT2D eigenvalue weighted by atomic mass is 9.84. The SMILES string of the molecule is O[C@](Cn1cnnn1)(c1ccc(F)cc1F)C(F)(F)c1ccc(Br)cn1. The van der Waals surface area contributed by atoms with Gasteiger partial charge in [-0.15, -0.1) is 5.10 Å². The van der Waals surface area contributed by atoms with Crippen molar-refractivity contribution in [3.63, 3.8) is 0 Å². The third-order valence-electron chi connectivity index (χ3n) is 3.73. The molecule has 3 aromatic rings. The van der Waals surface area contributed by atoms with E-state index in [1.165, 1.54) is 6.07 Å². The van der Waals surface area contributed by atoms with Gasteiger partial charge in [0.1, 0.15) is 23.7 Å². The molecule has 2 aromatic heterocycles. The van der Waals surface area contributed by atoms with Crippen molar-refractivity contribution in [2.75, 3.05) is 0 Å². The predicted octanol–water partition coefficient (Wildman–Crippen LogP) is 2.79. The lowest BCUT2D eigenvalue weighted by Gasteiger charge is -2.35. The molecule has 0 spiro atoms. The fraction of sp³-hybridized carbons (Fsp3) is 0.200. The van der Waals surface area contributed by atoms with Gasteiger partial charge in [-0.25, -0.2) is 13.5 Å². The molecule has 1 aromatic carbocycles. The molecular weight excluding hydrogens is 422 g/mol. The summed E-state index contributed by atoms with van der Waals surface area (Å²) in [6.45, 7) is -0.896. The van der Waals surface area contributed by atoms with Gasteiger partial charge < -0.3 is 5.11 Å². The number of alkyl halides is 2. The third kappa shape index (κ3) is 3.19. The van der Waals surface area contributed by atoms with Crippen LogP contribution in [0.5, 0.6) is 0 Å². The van der Waals surface area contributed by atoms with Crippen LogP contribution in [0.15, 0.2) is 47.3 Å². The molecule has 136 valence electrons. The molecule has 0 saturated heterocycles. The van der Waals surface area contributed by atoms with Gasteiger partial charge in [-0.05, 0) is 50.6 Å². The summed E-state index contributed by atoms with van der Waals surface area (Å²) in [5, 5.41) is 20.9.